The number of aryl methyl sites for hydroxylation is 1. The van der Waals surface area contributed by atoms with E-state index in [-0.39, 0.29) is 11.5 Å². The average Bonchev–Trinajstić information content (AvgIpc) is 2.96. The molecule has 1 saturated carbocycles. The van der Waals surface area contributed by atoms with Gasteiger partial charge in [0.15, 0.2) is 0 Å². The van der Waals surface area contributed by atoms with Crippen LogP contribution in [0.4, 0.5) is 0 Å². The molecule has 1 N–H and O–H groups in total. The van der Waals surface area contributed by atoms with Crippen molar-refractivity contribution in [3.63, 3.8) is 0 Å². The predicted octanol–water partition coefficient (Wildman–Crippen LogP) is 3.26. The SMILES string of the molecule is Cc1ccc(C(=O)N2CCC[C@@H]2CC2CCCCC2)c(=O)[nH]1. The molecule has 0 radical (unpaired) electrons. The molecule has 120 valence electrons. The molecule has 0 spiro atoms. The van der Waals surface area contributed by atoms with Crippen molar-refractivity contribution < 1.29 is 4.79 Å². The van der Waals surface area contributed by atoms with Crippen molar-refractivity contribution >= 4 is 5.91 Å². The van der Waals surface area contributed by atoms with Crippen LogP contribution in [0.3, 0.4) is 0 Å². The molecular weight excluding hydrogens is 276 g/mol. The fraction of sp³-hybridized carbons (Fsp3) is 0.667. The van der Waals surface area contributed by atoms with E-state index in [2.05, 4.69) is 4.98 Å². The van der Waals surface area contributed by atoms with E-state index in [1.807, 2.05) is 11.8 Å². The van der Waals surface area contributed by atoms with E-state index < -0.39 is 0 Å². The zero-order valence-electron chi connectivity index (χ0n) is 13.4. The highest BCUT2D eigenvalue weighted by molar-refractivity contribution is 5.94. The van der Waals surface area contributed by atoms with E-state index in [0.29, 0.717) is 11.6 Å². The Kier molecular flexibility index (Phi) is 4.65. The Labute approximate surface area is 131 Å². The van der Waals surface area contributed by atoms with Crippen molar-refractivity contribution in [3.05, 3.63) is 33.7 Å². The molecule has 1 aliphatic heterocycles. The van der Waals surface area contributed by atoms with Gasteiger partial charge in [-0.3, -0.25) is 9.59 Å². The van der Waals surface area contributed by atoms with E-state index >= 15 is 0 Å². The van der Waals surface area contributed by atoms with Crippen LogP contribution in [0.1, 0.15) is 67.4 Å². The second-order valence-electron chi connectivity index (χ2n) is 6.92. The zero-order valence-corrected chi connectivity index (χ0v) is 13.4. The lowest BCUT2D eigenvalue weighted by atomic mass is 9.84. The number of aromatic nitrogens is 1. The topological polar surface area (TPSA) is 53.2 Å². The number of aromatic amines is 1. The number of carbonyl (C=O) groups is 1. The first-order valence-electron chi connectivity index (χ1n) is 8.66. The first-order valence-corrected chi connectivity index (χ1v) is 8.66. The van der Waals surface area contributed by atoms with Crippen LogP contribution in [0.2, 0.25) is 0 Å². The largest absolute Gasteiger partial charge is 0.335 e. The highest BCUT2D eigenvalue weighted by Gasteiger charge is 2.32. The van der Waals surface area contributed by atoms with Gasteiger partial charge in [0.1, 0.15) is 5.56 Å². The Morgan fingerprint density at radius 2 is 1.95 bits per heavy atom. The van der Waals surface area contributed by atoms with Gasteiger partial charge in [-0.25, -0.2) is 0 Å². The van der Waals surface area contributed by atoms with Gasteiger partial charge in [-0.15, -0.1) is 0 Å². The number of rotatable bonds is 3. The van der Waals surface area contributed by atoms with E-state index in [1.165, 1.54) is 32.1 Å². The van der Waals surface area contributed by atoms with E-state index in [4.69, 9.17) is 0 Å². The Bertz CT molecular complexity index is 587. The minimum Gasteiger partial charge on any atom is -0.335 e. The van der Waals surface area contributed by atoms with Gasteiger partial charge in [0, 0.05) is 18.3 Å². The molecule has 3 rings (SSSR count). The Morgan fingerprint density at radius 1 is 1.18 bits per heavy atom. The third-order valence-electron chi connectivity index (χ3n) is 5.25. The Balaban J connectivity index is 1.71. The summed E-state index contributed by atoms with van der Waals surface area (Å²) in [5.41, 5.74) is 0.830. The molecule has 22 heavy (non-hydrogen) atoms. The van der Waals surface area contributed by atoms with Gasteiger partial charge in [-0.05, 0) is 44.2 Å². The smallest absolute Gasteiger partial charge is 0.260 e. The van der Waals surface area contributed by atoms with Gasteiger partial charge < -0.3 is 9.88 Å². The van der Waals surface area contributed by atoms with Crippen molar-refractivity contribution in [1.29, 1.82) is 0 Å². The van der Waals surface area contributed by atoms with Gasteiger partial charge in [-0.2, -0.15) is 0 Å². The standard InChI is InChI=1S/C18H26N2O2/c1-13-9-10-16(17(21)19-13)18(22)20-11-5-8-15(20)12-14-6-3-2-4-7-14/h9-10,14-15H,2-8,11-12H2,1H3,(H,19,21)/t15-/m1/s1. The Hall–Kier alpha value is -1.58. The molecule has 2 aliphatic rings. The molecule has 2 fully saturated rings. The second kappa shape index (κ2) is 6.67. The maximum Gasteiger partial charge on any atom is 0.260 e. The maximum absolute atomic E-state index is 12.7. The van der Waals surface area contributed by atoms with Crippen molar-refractivity contribution in [2.75, 3.05) is 6.54 Å². The second-order valence-corrected chi connectivity index (χ2v) is 6.92. The molecule has 4 nitrogen and oxygen atoms in total. The lowest BCUT2D eigenvalue weighted by Crippen LogP contribution is -2.39. The fourth-order valence-electron chi connectivity index (χ4n) is 4.05. The summed E-state index contributed by atoms with van der Waals surface area (Å²) in [7, 11) is 0. The first-order chi connectivity index (χ1) is 10.6. The monoisotopic (exact) mass is 302 g/mol. The van der Waals surface area contributed by atoms with Crippen LogP contribution in [0, 0.1) is 12.8 Å². The normalized spacial score (nSPS) is 23.0. The molecule has 1 atom stereocenters. The summed E-state index contributed by atoms with van der Waals surface area (Å²) in [6.07, 6.45) is 9.93. The van der Waals surface area contributed by atoms with Crippen LogP contribution in [-0.4, -0.2) is 28.4 Å². The molecule has 0 aromatic carbocycles. The fourth-order valence-corrected chi connectivity index (χ4v) is 4.05. The van der Waals surface area contributed by atoms with Gasteiger partial charge in [0.25, 0.3) is 11.5 Å². The number of pyridine rings is 1. The van der Waals surface area contributed by atoms with Crippen LogP contribution < -0.4 is 5.56 Å². The number of nitrogens with zero attached hydrogens (tertiary/aromatic N) is 1. The van der Waals surface area contributed by atoms with Crippen LogP contribution in [0.5, 0.6) is 0 Å². The zero-order chi connectivity index (χ0) is 15.5. The lowest BCUT2D eigenvalue weighted by molar-refractivity contribution is 0.0709. The van der Waals surface area contributed by atoms with Crippen LogP contribution in [-0.2, 0) is 0 Å². The number of hydrogen-bond donors (Lipinski definition) is 1. The van der Waals surface area contributed by atoms with Crippen LogP contribution in [0.25, 0.3) is 0 Å². The third kappa shape index (κ3) is 3.26. The number of H-pyrrole nitrogens is 1. The van der Waals surface area contributed by atoms with Crippen LogP contribution >= 0.6 is 0 Å². The first kappa shape index (κ1) is 15.3. The maximum atomic E-state index is 12.7. The molecule has 4 heteroatoms. The number of nitrogens with one attached hydrogen (secondary N) is 1. The minimum absolute atomic E-state index is 0.0837. The van der Waals surface area contributed by atoms with Gasteiger partial charge >= 0.3 is 0 Å². The number of amides is 1. The van der Waals surface area contributed by atoms with E-state index in [1.54, 1.807) is 12.1 Å². The molecule has 0 bridgehead atoms. The van der Waals surface area contributed by atoms with Crippen molar-refractivity contribution in [1.82, 2.24) is 9.88 Å². The van der Waals surface area contributed by atoms with Gasteiger partial charge in [0.05, 0.1) is 0 Å². The molecule has 1 saturated heterocycles. The minimum atomic E-state index is -0.256. The van der Waals surface area contributed by atoms with Gasteiger partial charge in [0.2, 0.25) is 0 Å². The molecule has 0 unspecified atom stereocenters. The quantitative estimate of drug-likeness (QED) is 0.931. The van der Waals surface area contributed by atoms with Crippen molar-refractivity contribution in [3.8, 4) is 0 Å². The summed E-state index contributed by atoms with van der Waals surface area (Å²) in [5, 5.41) is 0. The molecule has 2 heterocycles. The average molecular weight is 302 g/mol. The molecule has 1 aromatic heterocycles. The van der Waals surface area contributed by atoms with E-state index in [0.717, 1.165) is 37.4 Å². The highest BCUT2D eigenvalue weighted by Crippen LogP contribution is 2.32. The number of carbonyl (C=O) groups excluding carboxylic acids is 1. The molecule has 1 aromatic rings. The van der Waals surface area contributed by atoms with Gasteiger partial charge in [-0.1, -0.05) is 32.1 Å². The molecule has 1 amide bonds. The Morgan fingerprint density at radius 3 is 2.68 bits per heavy atom. The molecular formula is C18H26N2O2. The van der Waals surface area contributed by atoms with E-state index in [9.17, 15) is 9.59 Å². The highest BCUT2D eigenvalue weighted by atomic mass is 16.2. The summed E-state index contributed by atoms with van der Waals surface area (Å²) in [6.45, 7) is 2.63. The predicted molar refractivity (Wildman–Crippen MR) is 87.1 cm³/mol. The molecule has 1 aliphatic carbocycles. The number of likely N-dealkylation sites (tertiary alicyclic amines) is 1. The van der Waals surface area contributed by atoms with Crippen molar-refractivity contribution in [2.45, 2.75) is 64.3 Å². The number of hydrogen-bond acceptors (Lipinski definition) is 2. The van der Waals surface area contributed by atoms with Crippen LogP contribution in [0.15, 0.2) is 16.9 Å². The summed E-state index contributed by atoms with van der Waals surface area (Å²) in [5.74, 6) is 0.683. The summed E-state index contributed by atoms with van der Waals surface area (Å²) >= 11 is 0. The lowest BCUT2D eigenvalue weighted by Gasteiger charge is -2.30. The summed E-state index contributed by atoms with van der Waals surface area (Å²) < 4.78 is 0. The van der Waals surface area contributed by atoms with Crippen molar-refractivity contribution in [2.24, 2.45) is 5.92 Å². The third-order valence-corrected chi connectivity index (χ3v) is 5.25. The summed E-state index contributed by atoms with van der Waals surface area (Å²) in [6, 6.07) is 3.81. The summed E-state index contributed by atoms with van der Waals surface area (Å²) in [4.78, 5) is 29.5.